The molecule has 1 rings (SSSR count). The van der Waals surface area contributed by atoms with Crippen LogP contribution in [0, 0.1) is 0 Å². The Labute approximate surface area is 102 Å². The summed E-state index contributed by atoms with van der Waals surface area (Å²) in [7, 11) is 0. The number of alkyl halides is 1. The van der Waals surface area contributed by atoms with Crippen molar-refractivity contribution in [2.75, 3.05) is 18.2 Å². The molecule has 0 radical (unpaired) electrons. The van der Waals surface area contributed by atoms with Gasteiger partial charge in [-0.15, -0.1) is 11.6 Å². The number of hydrogen-bond donors (Lipinski definition) is 0. The second-order valence-electron chi connectivity index (χ2n) is 4.05. The van der Waals surface area contributed by atoms with E-state index in [0.717, 1.165) is 25.1 Å². The summed E-state index contributed by atoms with van der Waals surface area (Å²) in [6.07, 6.45) is 2.53. The van der Waals surface area contributed by atoms with Crippen LogP contribution in [0.2, 0.25) is 0 Å². The molecular weight excluding hydrogens is 230 g/mol. The predicted molar refractivity (Wildman–Crippen MR) is 67.7 cm³/mol. The van der Waals surface area contributed by atoms with Crippen molar-refractivity contribution in [3.05, 3.63) is 0 Å². The zero-order chi connectivity index (χ0) is 11.3. The second kappa shape index (κ2) is 6.64. The summed E-state index contributed by atoms with van der Waals surface area (Å²) in [6, 6.07) is 0.382. The third-order valence-corrected chi connectivity index (χ3v) is 4.58. The second-order valence-corrected chi connectivity index (χ2v) is 5.91. The summed E-state index contributed by atoms with van der Waals surface area (Å²) >= 11 is 7.56. The lowest BCUT2D eigenvalue weighted by molar-refractivity contribution is -0.133. The fourth-order valence-electron chi connectivity index (χ4n) is 1.80. The maximum atomic E-state index is 11.9. The highest BCUT2D eigenvalue weighted by Crippen LogP contribution is 2.24. The Hall–Kier alpha value is 0.110. The Morgan fingerprint density at radius 3 is 2.87 bits per heavy atom. The molecule has 0 saturated carbocycles. The average molecular weight is 250 g/mol. The van der Waals surface area contributed by atoms with Crippen molar-refractivity contribution >= 4 is 29.3 Å². The minimum Gasteiger partial charge on any atom is -0.338 e. The zero-order valence-electron chi connectivity index (χ0n) is 9.54. The Balaban J connectivity index is 2.37. The molecule has 1 amide bonds. The molecule has 2 nitrogen and oxygen atoms in total. The quantitative estimate of drug-likeness (QED) is 0.564. The third kappa shape index (κ3) is 3.87. The van der Waals surface area contributed by atoms with Gasteiger partial charge in [-0.3, -0.25) is 4.79 Å². The summed E-state index contributed by atoms with van der Waals surface area (Å²) in [5, 5.41) is 0.565. The molecule has 15 heavy (non-hydrogen) atoms. The first-order valence-electron chi connectivity index (χ1n) is 5.64. The molecule has 4 heteroatoms. The summed E-state index contributed by atoms with van der Waals surface area (Å²) in [4.78, 5) is 13.9. The molecule has 2 atom stereocenters. The monoisotopic (exact) mass is 249 g/mol. The fraction of sp³-hybridized carbons (Fsp3) is 0.909. The number of nitrogens with zero attached hydrogens (tertiary/aromatic N) is 1. The Morgan fingerprint density at radius 2 is 2.20 bits per heavy atom. The Bertz CT molecular complexity index is 213. The van der Waals surface area contributed by atoms with E-state index in [0.29, 0.717) is 29.5 Å². The van der Waals surface area contributed by atoms with E-state index in [1.807, 2.05) is 16.7 Å². The van der Waals surface area contributed by atoms with Crippen LogP contribution in [0.15, 0.2) is 0 Å². The topological polar surface area (TPSA) is 20.3 Å². The normalized spacial score (nSPS) is 26.7. The van der Waals surface area contributed by atoms with Crippen molar-refractivity contribution in [3.63, 3.8) is 0 Å². The van der Waals surface area contributed by atoms with E-state index in [4.69, 9.17) is 11.6 Å². The number of carbonyl (C=O) groups excluding carboxylic acids is 1. The minimum atomic E-state index is 0.305. The molecule has 0 N–H and O–H groups in total. The summed E-state index contributed by atoms with van der Waals surface area (Å²) in [5.74, 6) is 2.04. The van der Waals surface area contributed by atoms with Crippen molar-refractivity contribution in [1.29, 1.82) is 0 Å². The molecule has 1 saturated heterocycles. The van der Waals surface area contributed by atoms with Crippen molar-refractivity contribution < 1.29 is 4.79 Å². The molecule has 1 aliphatic heterocycles. The van der Waals surface area contributed by atoms with E-state index < -0.39 is 0 Å². The van der Waals surface area contributed by atoms with E-state index >= 15 is 0 Å². The van der Waals surface area contributed by atoms with Crippen LogP contribution in [-0.4, -0.2) is 40.3 Å². The van der Waals surface area contributed by atoms with Gasteiger partial charge in [-0.05, 0) is 19.8 Å². The molecule has 1 aliphatic rings. The van der Waals surface area contributed by atoms with Crippen LogP contribution >= 0.6 is 23.4 Å². The van der Waals surface area contributed by atoms with E-state index in [1.54, 1.807) is 0 Å². The van der Waals surface area contributed by atoms with Crippen molar-refractivity contribution in [1.82, 2.24) is 4.90 Å². The summed E-state index contributed by atoms with van der Waals surface area (Å²) in [6.45, 7) is 5.26. The van der Waals surface area contributed by atoms with E-state index in [-0.39, 0.29) is 0 Å². The molecule has 0 spiro atoms. The highest BCUT2D eigenvalue weighted by molar-refractivity contribution is 8.00. The van der Waals surface area contributed by atoms with Gasteiger partial charge in [-0.2, -0.15) is 11.8 Å². The van der Waals surface area contributed by atoms with Crippen molar-refractivity contribution in [2.45, 2.75) is 44.4 Å². The SMILES string of the molecule is CC1SCCN(C(=O)CCCCCl)C1C. The van der Waals surface area contributed by atoms with E-state index in [1.165, 1.54) is 0 Å². The van der Waals surface area contributed by atoms with Crippen LogP contribution in [0.4, 0.5) is 0 Å². The van der Waals surface area contributed by atoms with Gasteiger partial charge in [0.15, 0.2) is 0 Å². The first kappa shape index (κ1) is 13.2. The van der Waals surface area contributed by atoms with Crippen molar-refractivity contribution in [3.8, 4) is 0 Å². The maximum Gasteiger partial charge on any atom is 0.222 e. The molecule has 0 aromatic rings. The van der Waals surface area contributed by atoms with Crippen LogP contribution in [-0.2, 0) is 4.79 Å². The standard InChI is InChI=1S/C11H20ClNOS/c1-9-10(2)15-8-7-13(9)11(14)5-3-4-6-12/h9-10H,3-8H2,1-2H3. The van der Waals surface area contributed by atoms with Gasteiger partial charge in [-0.25, -0.2) is 0 Å². The van der Waals surface area contributed by atoms with E-state index in [9.17, 15) is 4.79 Å². The lowest BCUT2D eigenvalue weighted by Gasteiger charge is -2.37. The van der Waals surface area contributed by atoms with Crippen LogP contribution in [0.25, 0.3) is 0 Å². The molecule has 0 bridgehead atoms. The lowest BCUT2D eigenvalue weighted by Crippen LogP contribution is -2.47. The van der Waals surface area contributed by atoms with Gasteiger partial charge >= 0.3 is 0 Å². The number of halogens is 1. The molecule has 0 aliphatic carbocycles. The molecule has 0 aromatic heterocycles. The molecule has 1 fully saturated rings. The predicted octanol–water partition coefficient (Wildman–Crippen LogP) is 2.75. The number of rotatable bonds is 4. The Morgan fingerprint density at radius 1 is 1.47 bits per heavy atom. The van der Waals surface area contributed by atoms with Crippen LogP contribution in [0.5, 0.6) is 0 Å². The first-order valence-corrected chi connectivity index (χ1v) is 7.22. The van der Waals surface area contributed by atoms with Gasteiger partial charge in [0.25, 0.3) is 0 Å². The number of thioether (sulfide) groups is 1. The van der Waals surface area contributed by atoms with Crippen molar-refractivity contribution in [2.24, 2.45) is 0 Å². The largest absolute Gasteiger partial charge is 0.338 e. The number of amides is 1. The lowest BCUT2D eigenvalue weighted by atomic mass is 10.1. The molecule has 1 heterocycles. The van der Waals surface area contributed by atoms with Crippen LogP contribution in [0.3, 0.4) is 0 Å². The van der Waals surface area contributed by atoms with Gasteiger partial charge in [0.2, 0.25) is 5.91 Å². The Kier molecular flexibility index (Phi) is 5.83. The molecule has 2 unspecified atom stereocenters. The highest BCUT2D eigenvalue weighted by Gasteiger charge is 2.28. The number of carbonyl (C=O) groups is 1. The number of hydrogen-bond acceptors (Lipinski definition) is 2. The molecule has 88 valence electrons. The van der Waals surface area contributed by atoms with Gasteiger partial charge in [-0.1, -0.05) is 6.92 Å². The van der Waals surface area contributed by atoms with Crippen LogP contribution in [0.1, 0.15) is 33.1 Å². The minimum absolute atomic E-state index is 0.305. The van der Waals surface area contributed by atoms with Gasteiger partial charge in [0.1, 0.15) is 0 Å². The number of unbranched alkanes of at least 4 members (excludes halogenated alkanes) is 1. The molecule has 0 aromatic carbocycles. The van der Waals surface area contributed by atoms with Gasteiger partial charge in [0, 0.05) is 35.9 Å². The van der Waals surface area contributed by atoms with E-state index in [2.05, 4.69) is 13.8 Å². The highest BCUT2D eigenvalue weighted by atomic mass is 35.5. The maximum absolute atomic E-state index is 11.9. The zero-order valence-corrected chi connectivity index (χ0v) is 11.1. The molecular formula is C11H20ClNOS. The summed E-state index contributed by atoms with van der Waals surface area (Å²) < 4.78 is 0. The first-order chi connectivity index (χ1) is 7.16. The summed E-state index contributed by atoms with van der Waals surface area (Å²) in [5.41, 5.74) is 0. The van der Waals surface area contributed by atoms with Gasteiger partial charge in [0.05, 0.1) is 0 Å². The average Bonchev–Trinajstić information content (AvgIpc) is 2.22. The van der Waals surface area contributed by atoms with Crippen LogP contribution < -0.4 is 0 Å². The smallest absolute Gasteiger partial charge is 0.222 e. The van der Waals surface area contributed by atoms with Gasteiger partial charge < -0.3 is 4.90 Å². The fourth-order valence-corrected chi connectivity index (χ4v) is 3.09. The third-order valence-electron chi connectivity index (χ3n) is 2.98.